The number of carbonyl (C=O) groups excluding carboxylic acids is 3. The fourth-order valence-corrected chi connectivity index (χ4v) is 5.37. The largest absolute Gasteiger partial charge is 0.465 e. The number of methoxy groups -OCH3 is 1. The molecule has 0 radical (unpaired) electrons. The summed E-state index contributed by atoms with van der Waals surface area (Å²) >= 11 is 0. The number of hydrogen-bond acceptors (Lipinski definition) is 5. The maximum absolute atomic E-state index is 12.5. The smallest absolute Gasteiger partial charge is 0.355 e. The van der Waals surface area contributed by atoms with Crippen LogP contribution in [0, 0.1) is 23.7 Å². The van der Waals surface area contributed by atoms with Gasteiger partial charge in [0.05, 0.1) is 12.7 Å². The number of aromatic nitrogens is 1. The molecule has 0 aliphatic heterocycles. The number of rotatable bonds is 6. The minimum absolute atomic E-state index is 0.0683. The van der Waals surface area contributed by atoms with E-state index in [0.29, 0.717) is 29.2 Å². The summed E-state index contributed by atoms with van der Waals surface area (Å²) in [5.74, 6) is -0.825. The summed E-state index contributed by atoms with van der Waals surface area (Å²) in [5.41, 5.74) is 1.89. The van der Waals surface area contributed by atoms with Gasteiger partial charge < -0.3 is 19.8 Å². The van der Waals surface area contributed by atoms with Gasteiger partial charge in [0, 0.05) is 11.7 Å². The predicted octanol–water partition coefficient (Wildman–Crippen LogP) is 3.16. The first-order valence-corrected chi connectivity index (χ1v) is 10.3. The fourth-order valence-electron chi connectivity index (χ4n) is 5.37. The molecule has 2 N–H and O–H groups in total. The molecule has 0 spiro atoms. The number of fused-ring (bicyclic) bond motifs is 2. The standard InChI is InChI=1S/C22H32N2O5/c1-7-14-17(19(26)28-6)12(2)18(23-14)20(27)29-11-16(25)24-15-10-13-8-9-22(15,5)21(13,3)4/h13,15,23H,7-11H2,1-6H3,(H,24,25). The van der Waals surface area contributed by atoms with Crippen molar-refractivity contribution in [1.29, 1.82) is 0 Å². The first-order valence-electron chi connectivity index (χ1n) is 10.3. The molecule has 2 bridgehead atoms. The van der Waals surface area contributed by atoms with Crippen molar-refractivity contribution in [2.75, 3.05) is 13.7 Å². The van der Waals surface area contributed by atoms with E-state index in [1.807, 2.05) is 6.92 Å². The highest BCUT2D eigenvalue weighted by molar-refractivity contribution is 5.99. The number of amides is 1. The topological polar surface area (TPSA) is 97.5 Å². The Balaban J connectivity index is 1.62. The van der Waals surface area contributed by atoms with Crippen LogP contribution in [0.2, 0.25) is 0 Å². The molecule has 160 valence electrons. The molecule has 2 saturated carbocycles. The zero-order chi connectivity index (χ0) is 21.6. The van der Waals surface area contributed by atoms with Crippen molar-refractivity contribution >= 4 is 17.8 Å². The molecular formula is C22H32N2O5. The number of H-pyrrole nitrogens is 1. The number of carbonyl (C=O) groups is 3. The lowest BCUT2D eigenvalue weighted by Crippen LogP contribution is -2.48. The Labute approximate surface area is 171 Å². The molecule has 2 fully saturated rings. The summed E-state index contributed by atoms with van der Waals surface area (Å²) in [7, 11) is 1.30. The van der Waals surface area contributed by atoms with Gasteiger partial charge >= 0.3 is 11.9 Å². The Morgan fingerprint density at radius 3 is 2.41 bits per heavy atom. The molecule has 1 heterocycles. The van der Waals surface area contributed by atoms with Crippen LogP contribution in [0.5, 0.6) is 0 Å². The third-order valence-corrected chi connectivity index (χ3v) is 7.74. The quantitative estimate of drug-likeness (QED) is 0.710. The van der Waals surface area contributed by atoms with E-state index in [-0.39, 0.29) is 35.1 Å². The van der Waals surface area contributed by atoms with E-state index >= 15 is 0 Å². The first-order chi connectivity index (χ1) is 13.6. The Bertz CT molecular complexity index is 841. The van der Waals surface area contributed by atoms with E-state index in [0.717, 1.165) is 12.8 Å². The Morgan fingerprint density at radius 1 is 1.21 bits per heavy atom. The average Bonchev–Trinajstić information content (AvgIpc) is 3.20. The molecule has 2 aliphatic rings. The van der Waals surface area contributed by atoms with Crippen LogP contribution in [0.4, 0.5) is 0 Å². The SMILES string of the molecule is CCc1[nH]c(C(=O)OCC(=O)NC2CC3CCC2(C)C3(C)C)c(C)c1C(=O)OC. The Morgan fingerprint density at radius 2 is 1.90 bits per heavy atom. The predicted molar refractivity (Wildman–Crippen MR) is 108 cm³/mol. The van der Waals surface area contributed by atoms with Crippen LogP contribution in [-0.4, -0.2) is 42.6 Å². The lowest BCUT2D eigenvalue weighted by atomic mass is 9.69. The van der Waals surface area contributed by atoms with Crippen molar-refractivity contribution in [2.24, 2.45) is 16.7 Å². The molecule has 1 aromatic heterocycles. The molecule has 0 saturated heterocycles. The van der Waals surface area contributed by atoms with Crippen LogP contribution in [0.3, 0.4) is 0 Å². The molecule has 2 aliphatic carbocycles. The van der Waals surface area contributed by atoms with E-state index in [4.69, 9.17) is 9.47 Å². The zero-order valence-electron chi connectivity index (χ0n) is 18.2. The van der Waals surface area contributed by atoms with E-state index in [2.05, 4.69) is 31.1 Å². The minimum atomic E-state index is -0.651. The van der Waals surface area contributed by atoms with Crippen LogP contribution in [0.25, 0.3) is 0 Å². The van der Waals surface area contributed by atoms with Gasteiger partial charge in [0.2, 0.25) is 0 Å². The first kappa shape index (κ1) is 21.4. The van der Waals surface area contributed by atoms with Crippen molar-refractivity contribution in [1.82, 2.24) is 10.3 Å². The van der Waals surface area contributed by atoms with Crippen molar-refractivity contribution in [3.05, 3.63) is 22.5 Å². The molecule has 1 amide bonds. The van der Waals surface area contributed by atoms with Crippen LogP contribution in [0.15, 0.2) is 0 Å². The third kappa shape index (κ3) is 3.34. The van der Waals surface area contributed by atoms with Crippen LogP contribution < -0.4 is 5.32 Å². The fraction of sp³-hybridized carbons (Fsp3) is 0.682. The van der Waals surface area contributed by atoms with Gasteiger partial charge in [-0.05, 0) is 54.9 Å². The van der Waals surface area contributed by atoms with Gasteiger partial charge in [-0.25, -0.2) is 9.59 Å². The number of hydrogen-bond donors (Lipinski definition) is 2. The molecule has 3 rings (SSSR count). The number of nitrogens with one attached hydrogen (secondary N) is 2. The highest BCUT2D eigenvalue weighted by Gasteiger charge is 2.61. The molecule has 3 unspecified atom stereocenters. The average molecular weight is 405 g/mol. The molecular weight excluding hydrogens is 372 g/mol. The minimum Gasteiger partial charge on any atom is -0.465 e. The summed E-state index contributed by atoms with van der Waals surface area (Å²) in [6.07, 6.45) is 3.82. The third-order valence-electron chi connectivity index (χ3n) is 7.74. The van der Waals surface area contributed by atoms with E-state index < -0.39 is 11.9 Å². The van der Waals surface area contributed by atoms with Crippen molar-refractivity contribution in [2.45, 2.75) is 66.3 Å². The second kappa shape index (κ2) is 7.50. The van der Waals surface area contributed by atoms with E-state index in [1.165, 1.54) is 13.5 Å². The summed E-state index contributed by atoms with van der Waals surface area (Å²) in [6.45, 7) is 10.0. The van der Waals surface area contributed by atoms with Crippen molar-refractivity contribution < 1.29 is 23.9 Å². The van der Waals surface area contributed by atoms with Crippen LogP contribution in [-0.2, 0) is 20.7 Å². The highest BCUT2D eigenvalue weighted by atomic mass is 16.5. The van der Waals surface area contributed by atoms with Gasteiger partial charge in [-0.15, -0.1) is 0 Å². The maximum atomic E-state index is 12.5. The summed E-state index contributed by atoms with van der Waals surface area (Å²) in [5, 5.41) is 3.08. The number of aryl methyl sites for hydroxylation is 1. The molecule has 29 heavy (non-hydrogen) atoms. The van der Waals surface area contributed by atoms with E-state index in [9.17, 15) is 14.4 Å². The lowest BCUT2D eigenvalue weighted by Gasteiger charge is -2.39. The van der Waals surface area contributed by atoms with Crippen LogP contribution >= 0.6 is 0 Å². The van der Waals surface area contributed by atoms with Gasteiger partial charge in [-0.3, -0.25) is 4.79 Å². The zero-order valence-corrected chi connectivity index (χ0v) is 18.2. The summed E-state index contributed by atoms with van der Waals surface area (Å²) < 4.78 is 10.0. The molecule has 0 aromatic carbocycles. The second-order valence-corrected chi connectivity index (χ2v) is 9.13. The number of ether oxygens (including phenoxy) is 2. The number of esters is 2. The van der Waals surface area contributed by atoms with Gasteiger partial charge in [0.1, 0.15) is 5.69 Å². The Kier molecular flexibility index (Phi) is 5.54. The lowest BCUT2D eigenvalue weighted by molar-refractivity contribution is -0.126. The summed E-state index contributed by atoms with van der Waals surface area (Å²) in [6, 6.07) is 0.104. The molecule has 7 nitrogen and oxygen atoms in total. The monoisotopic (exact) mass is 404 g/mol. The highest BCUT2D eigenvalue weighted by Crippen LogP contribution is 2.65. The second-order valence-electron chi connectivity index (χ2n) is 9.13. The van der Waals surface area contributed by atoms with Gasteiger partial charge in [-0.1, -0.05) is 27.7 Å². The maximum Gasteiger partial charge on any atom is 0.355 e. The van der Waals surface area contributed by atoms with Gasteiger partial charge in [-0.2, -0.15) is 0 Å². The van der Waals surface area contributed by atoms with Gasteiger partial charge in [0.25, 0.3) is 5.91 Å². The van der Waals surface area contributed by atoms with Crippen LogP contribution in [0.1, 0.15) is 79.1 Å². The van der Waals surface area contributed by atoms with Crippen molar-refractivity contribution in [3.8, 4) is 0 Å². The van der Waals surface area contributed by atoms with Gasteiger partial charge in [0.15, 0.2) is 6.61 Å². The molecule has 7 heteroatoms. The Hall–Kier alpha value is -2.31. The molecule has 1 aromatic rings. The van der Waals surface area contributed by atoms with E-state index in [1.54, 1.807) is 6.92 Å². The number of aromatic amines is 1. The molecule has 3 atom stereocenters. The normalized spacial score (nSPS) is 27.0. The van der Waals surface area contributed by atoms with Crippen molar-refractivity contribution in [3.63, 3.8) is 0 Å². The summed E-state index contributed by atoms with van der Waals surface area (Å²) in [4.78, 5) is 39.9.